The van der Waals surface area contributed by atoms with E-state index in [1.165, 1.54) is 5.69 Å². The molecule has 1 aromatic carbocycles. The molecule has 1 aliphatic rings. The van der Waals surface area contributed by atoms with E-state index < -0.39 is 0 Å². The van der Waals surface area contributed by atoms with Gasteiger partial charge in [0.1, 0.15) is 0 Å². The van der Waals surface area contributed by atoms with E-state index in [-0.39, 0.29) is 0 Å². The maximum atomic E-state index is 5.54. The second-order valence-corrected chi connectivity index (χ2v) is 8.22. The van der Waals surface area contributed by atoms with Crippen molar-refractivity contribution in [2.75, 3.05) is 25.1 Å². The van der Waals surface area contributed by atoms with Gasteiger partial charge < -0.3 is 19.4 Å². The van der Waals surface area contributed by atoms with Crippen LogP contribution in [0.3, 0.4) is 0 Å². The van der Waals surface area contributed by atoms with Gasteiger partial charge in [0.25, 0.3) is 0 Å². The predicted octanol–water partition coefficient (Wildman–Crippen LogP) is 3.45. The molecule has 0 saturated carbocycles. The van der Waals surface area contributed by atoms with Gasteiger partial charge in [0.15, 0.2) is 17.2 Å². The summed E-state index contributed by atoms with van der Waals surface area (Å²) in [5, 5.41) is 4.63. The Balaban J connectivity index is 1.52. The Kier molecular flexibility index (Phi) is 4.55. The molecule has 5 rings (SSSR count). The fourth-order valence-electron chi connectivity index (χ4n) is 4.36. The molecular formula is C23H26N6O. The lowest BCUT2D eigenvalue weighted by Crippen LogP contribution is -2.54. The number of fused-ring (bicyclic) bond motifs is 2. The number of aryl methyl sites for hydroxylation is 1. The highest BCUT2D eigenvalue weighted by Gasteiger charge is 2.21. The quantitative estimate of drug-likeness (QED) is 0.566. The van der Waals surface area contributed by atoms with Gasteiger partial charge in [-0.05, 0) is 45.0 Å². The van der Waals surface area contributed by atoms with Gasteiger partial charge in [0.05, 0.1) is 18.3 Å². The summed E-state index contributed by atoms with van der Waals surface area (Å²) in [6.45, 7) is 8.42. The summed E-state index contributed by atoms with van der Waals surface area (Å²) in [4.78, 5) is 16.4. The number of hydrogen-bond donors (Lipinski definition) is 1. The SMILES string of the molecule is COc1cc(-c2ncc3cc(N4C[C@H](C)N[C@@H](C)C4)ccc3n2)cn2cc(C)nc12. The molecule has 154 valence electrons. The standard InChI is InChI=1S/C23H26N6O/c1-14-10-28(11-15(2)25-14)19-5-6-20-17(7-19)9-24-22(27-20)18-8-21(30-4)23-26-16(3)12-29(23)13-18/h5-9,12-15,25H,10-11H2,1-4H3/t14-,15-/m0/s1. The Hall–Kier alpha value is -3.19. The third kappa shape index (κ3) is 3.35. The van der Waals surface area contributed by atoms with Crippen LogP contribution >= 0.6 is 0 Å². The topological polar surface area (TPSA) is 67.6 Å². The van der Waals surface area contributed by atoms with E-state index in [9.17, 15) is 0 Å². The zero-order chi connectivity index (χ0) is 20.8. The Labute approximate surface area is 175 Å². The van der Waals surface area contributed by atoms with Crippen molar-refractivity contribution in [3.05, 3.63) is 48.5 Å². The van der Waals surface area contributed by atoms with Gasteiger partial charge in [0.2, 0.25) is 0 Å². The average Bonchev–Trinajstić information content (AvgIpc) is 3.11. The van der Waals surface area contributed by atoms with Crippen LogP contribution in [0, 0.1) is 6.92 Å². The van der Waals surface area contributed by atoms with Crippen LogP contribution in [0.2, 0.25) is 0 Å². The van der Waals surface area contributed by atoms with E-state index >= 15 is 0 Å². The zero-order valence-corrected chi connectivity index (χ0v) is 17.8. The Bertz CT molecular complexity index is 1220. The van der Waals surface area contributed by atoms with E-state index in [2.05, 4.69) is 52.2 Å². The molecule has 1 saturated heterocycles. The second kappa shape index (κ2) is 7.25. The van der Waals surface area contributed by atoms with Crippen molar-refractivity contribution in [2.45, 2.75) is 32.9 Å². The van der Waals surface area contributed by atoms with Gasteiger partial charge >= 0.3 is 0 Å². The minimum absolute atomic E-state index is 0.472. The number of nitrogens with one attached hydrogen (secondary N) is 1. The zero-order valence-electron chi connectivity index (χ0n) is 17.8. The molecule has 1 aliphatic heterocycles. The largest absolute Gasteiger partial charge is 0.493 e. The highest BCUT2D eigenvalue weighted by Crippen LogP contribution is 2.28. The predicted molar refractivity (Wildman–Crippen MR) is 119 cm³/mol. The molecule has 0 amide bonds. The normalized spacial score (nSPS) is 19.5. The van der Waals surface area contributed by atoms with Gasteiger partial charge in [-0.2, -0.15) is 0 Å². The summed E-state index contributed by atoms with van der Waals surface area (Å²) in [6.07, 6.45) is 5.88. The number of rotatable bonds is 3. The van der Waals surface area contributed by atoms with Gasteiger partial charge in [-0.1, -0.05) is 0 Å². The first-order valence-corrected chi connectivity index (χ1v) is 10.3. The van der Waals surface area contributed by atoms with Crippen LogP contribution in [0.5, 0.6) is 5.75 Å². The average molecular weight is 403 g/mol. The summed E-state index contributed by atoms with van der Waals surface area (Å²) in [7, 11) is 1.66. The Morgan fingerprint density at radius 2 is 1.87 bits per heavy atom. The molecular weight excluding hydrogens is 376 g/mol. The molecule has 2 atom stereocenters. The fraction of sp³-hybridized carbons (Fsp3) is 0.348. The van der Waals surface area contributed by atoms with E-state index in [1.807, 2.05) is 36.0 Å². The molecule has 7 nitrogen and oxygen atoms in total. The summed E-state index contributed by atoms with van der Waals surface area (Å²) < 4.78 is 7.51. The van der Waals surface area contributed by atoms with Crippen molar-refractivity contribution < 1.29 is 4.74 Å². The van der Waals surface area contributed by atoms with Crippen molar-refractivity contribution in [1.29, 1.82) is 0 Å². The number of aromatic nitrogens is 4. The third-order valence-electron chi connectivity index (χ3n) is 5.60. The monoisotopic (exact) mass is 402 g/mol. The molecule has 4 aromatic rings. The number of methoxy groups -OCH3 is 1. The molecule has 0 bridgehead atoms. The van der Waals surface area contributed by atoms with Crippen molar-refractivity contribution >= 4 is 22.2 Å². The molecule has 1 fully saturated rings. The first kappa shape index (κ1) is 18.8. The summed E-state index contributed by atoms with van der Waals surface area (Å²) in [5.41, 5.74) is 4.78. The van der Waals surface area contributed by atoms with Gasteiger partial charge in [-0.15, -0.1) is 0 Å². The van der Waals surface area contributed by atoms with Gasteiger partial charge in [-0.25, -0.2) is 15.0 Å². The maximum Gasteiger partial charge on any atom is 0.179 e. The highest BCUT2D eigenvalue weighted by molar-refractivity contribution is 5.83. The van der Waals surface area contributed by atoms with Crippen molar-refractivity contribution in [3.8, 4) is 17.1 Å². The molecule has 3 aromatic heterocycles. The van der Waals surface area contributed by atoms with Crippen molar-refractivity contribution in [3.63, 3.8) is 0 Å². The number of piperazine rings is 1. The van der Waals surface area contributed by atoms with Crippen LogP contribution in [0.4, 0.5) is 5.69 Å². The smallest absolute Gasteiger partial charge is 0.179 e. The van der Waals surface area contributed by atoms with Crippen molar-refractivity contribution in [1.82, 2.24) is 24.7 Å². The molecule has 0 spiro atoms. The lowest BCUT2D eigenvalue weighted by Gasteiger charge is -2.37. The van der Waals surface area contributed by atoms with E-state index in [0.29, 0.717) is 23.7 Å². The molecule has 0 radical (unpaired) electrons. The number of ether oxygens (including phenoxy) is 1. The first-order valence-electron chi connectivity index (χ1n) is 10.3. The summed E-state index contributed by atoms with van der Waals surface area (Å²) in [6, 6.07) is 9.32. The first-order chi connectivity index (χ1) is 14.5. The summed E-state index contributed by atoms with van der Waals surface area (Å²) >= 11 is 0. The van der Waals surface area contributed by atoms with E-state index in [1.54, 1.807) is 7.11 Å². The van der Waals surface area contributed by atoms with Gasteiger partial charge in [-0.3, -0.25) is 0 Å². The number of nitrogens with zero attached hydrogens (tertiary/aromatic N) is 5. The van der Waals surface area contributed by atoms with Crippen LogP contribution in [-0.2, 0) is 0 Å². The number of imidazole rings is 1. The molecule has 0 aliphatic carbocycles. The Morgan fingerprint density at radius 3 is 2.63 bits per heavy atom. The van der Waals surface area contributed by atoms with Crippen LogP contribution in [0.1, 0.15) is 19.5 Å². The lowest BCUT2D eigenvalue weighted by atomic mass is 10.1. The van der Waals surface area contributed by atoms with Crippen molar-refractivity contribution in [2.24, 2.45) is 0 Å². The molecule has 1 N–H and O–H groups in total. The molecule has 30 heavy (non-hydrogen) atoms. The number of benzene rings is 1. The highest BCUT2D eigenvalue weighted by atomic mass is 16.5. The van der Waals surface area contributed by atoms with E-state index in [4.69, 9.17) is 9.72 Å². The minimum Gasteiger partial charge on any atom is -0.493 e. The maximum absolute atomic E-state index is 5.54. The molecule has 7 heteroatoms. The second-order valence-electron chi connectivity index (χ2n) is 8.22. The fourth-order valence-corrected chi connectivity index (χ4v) is 4.36. The summed E-state index contributed by atoms with van der Waals surface area (Å²) in [5.74, 6) is 1.38. The molecule has 0 unspecified atom stereocenters. The van der Waals surface area contributed by atoms with Crippen LogP contribution in [0.25, 0.3) is 27.9 Å². The van der Waals surface area contributed by atoms with E-state index in [0.717, 1.165) is 40.9 Å². The van der Waals surface area contributed by atoms with Gasteiger partial charge in [0, 0.05) is 60.4 Å². The van der Waals surface area contributed by atoms with Crippen LogP contribution in [-0.4, -0.2) is 51.6 Å². The molecule has 4 heterocycles. The van der Waals surface area contributed by atoms with Crippen LogP contribution in [0.15, 0.2) is 42.9 Å². The number of hydrogen-bond acceptors (Lipinski definition) is 6. The van der Waals surface area contributed by atoms with Crippen LogP contribution < -0.4 is 15.0 Å². The number of pyridine rings is 1. The Morgan fingerprint density at radius 1 is 1.07 bits per heavy atom. The minimum atomic E-state index is 0.472. The number of anilines is 1. The third-order valence-corrected chi connectivity index (χ3v) is 5.60. The lowest BCUT2D eigenvalue weighted by molar-refractivity contribution is 0.407.